The summed E-state index contributed by atoms with van der Waals surface area (Å²) < 4.78 is 0. The average molecular weight is 263 g/mol. The SMILES string of the molecule is Cc1cc(C)nc(SC2/C(=N\O)C3CCC2C3)n1. The lowest BCUT2D eigenvalue weighted by atomic mass is 9.98. The molecule has 0 amide bonds. The predicted molar refractivity (Wildman–Crippen MR) is 71.2 cm³/mol. The fourth-order valence-corrected chi connectivity index (χ4v) is 4.61. The van der Waals surface area contributed by atoms with Crippen molar-refractivity contribution >= 4 is 17.5 Å². The van der Waals surface area contributed by atoms with Gasteiger partial charge in [0.05, 0.1) is 11.0 Å². The minimum Gasteiger partial charge on any atom is -0.411 e. The van der Waals surface area contributed by atoms with Gasteiger partial charge in [0.25, 0.3) is 0 Å². The Labute approximate surface area is 111 Å². The summed E-state index contributed by atoms with van der Waals surface area (Å²) in [5.41, 5.74) is 2.95. The summed E-state index contributed by atoms with van der Waals surface area (Å²) in [7, 11) is 0. The van der Waals surface area contributed by atoms with E-state index in [2.05, 4.69) is 15.1 Å². The third-order valence-electron chi connectivity index (χ3n) is 3.92. The van der Waals surface area contributed by atoms with Crippen LogP contribution in [-0.4, -0.2) is 26.1 Å². The molecule has 1 aromatic heterocycles. The zero-order valence-electron chi connectivity index (χ0n) is 10.6. The molecule has 0 aliphatic heterocycles. The largest absolute Gasteiger partial charge is 0.411 e. The van der Waals surface area contributed by atoms with E-state index in [9.17, 15) is 5.21 Å². The highest BCUT2D eigenvalue weighted by Crippen LogP contribution is 2.48. The van der Waals surface area contributed by atoms with Crippen molar-refractivity contribution in [1.29, 1.82) is 0 Å². The lowest BCUT2D eigenvalue weighted by Crippen LogP contribution is -2.25. The first-order valence-electron chi connectivity index (χ1n) is 6.38. The summed E-state index contributed by atoms with van der Waals surface area (Å²) in [5, 5.41) is 13.8. The van der Waals surface area contributed by atoms with E-state index < -0.39 is 0 Å². The quantitative estimate of drug-likeness (QED) is 0.506. The van der Waals surface area contributed by atoms with Crippen molar-refractivity contribution in [3.63, 3.8) is 0 Å². The van der Waals surface area contributed by atoms with E-state index in [0.717, 1.165) is 22.3 Å². The number of rotatable bonds is 2. The minimum atomic E-state index is 0.273. The number of aromatic nitrogens is 2. The molecule has 0 saturated heterocycles. The lowest BCUT2D eigenvalue weighted by Gasteiger charge is -2.21. The maximum absolute atomic E-state index is 9.18. The summed E-state index contributed by atoms with van der Waals surface area (Å²) in [6, 6.07) is 1.98. The highest BCUT2D eigenvalue weighted by atomic mass is 32.2. The van der Waals surface area contributed by atoms with E-state index >= 15 is 0 Å². The molecular formula is C13H17N3OS. The van der Waals surface area contributed by atoms with Gasteiger partial charge in [-0.3, -0.25) is 0 Å². The minimum absolute atomic E-state index is 0.273. The molecule has 3 unspecified atom stereocenters. The number of oxime groups is 1. The summed E-state index contributed by atoms with van der Waals surface area (Å²) in [4.78, 5) is 8.93. The second-order valence-corrected chi connectivity index (χ2v) is 6.38. The molecule has 3 atom stereocenters. The number of hydrogen-bond acceptors (Lipinski definition) is 5. The standard InChI is InChI=1S/C13H17N3OS/c1-7-5-8(2)15-13(14-7)18-12-10-4-3-9(6-10)11(12)16-17/h5,9-10,12,17H,3-4,6H2,1-2H3/b16-11-. The van der Waals surface area contributed by atoms with E-state index in [-0.39, 0.29) is 5.25 Å². The van der Waals surface area contributed by atoms with Crippen LogP contribution in [0.5, 0.6) is 0 Å². The van der Waals surface area contributed by atoms with Crippen LogP contribution in [0.3, 0.4) is 0 Å². The molecule has 0 aromatic carbocycles. The molecule has 3 rings (SSSR count). The van der Waals surface area contributed by atoms with Crippen LogP contribution in [0.4, 0.5) is 0 Å². The Bertz CT molecular complexity index is 483. The fourth-order valence-electron chi connectivity index (χ4n) is 3.19. The first kappa shape index (κ1) is 12.0. The molecule has 4 nitrogen and oxygen atoms in total. The molecule has 96 valence electrons. The predicted octanol–water partition coefficient (Wildman–Crippen LogP) is 2.81. The van der Waals surface area contributed by atoms with Crippen LogP contribution in [0, 0.1) is 25.7 Å². The van der Waals surface area contributed by atoms with Crippen LogP contribution in [0.2, 0.25) is 0 Å². The molecule has 2 bridgehead atoms. The molecule has 2 saturated carbocycles. The number of thioether (sulfide) groups is 1. The van der Waals surface area contributed by atoms with Crippen molar-refractivity contribution in [2.45, 2.75) is 43.5 Å². The second-order valence-electron chi connectivity index (χ2n) is 5.27. The van der Waals surface area contributed by atoms with Gasteiger partial charge in [0.1, 0.15) is 0 Å². The molecule has 2 aliphatic carbocycles. The Morgan fingerprint density at radius 1 is 1.28 bits per heavy atom. The van der Waals surface area contributed by atoms with Crippen LogP contribution in [0.1, 0.15) is 30.7 Å². The van der Waals surface area contributed by atoms with Crippen LogP contribution in [0.25, 0.3) is 0 Å². The first-order chi connectivity index (χ1) is 8.67. The van der Waals surface area contributed by atoms with E-state index in [1.807, 2.05) is 19.9 Å². The third-order valence-corrected chi connectivity index (χ3v) is 5.19. The van der Waals surface area contributed by atoms with E-state index in [4.69, 9.17) is 0 Å². The molecule has 0 radical (unpaired) electrons. The molecule has 1 N–H and O–H groups in total. The van der Waals surface area contributed by atoms with Gasteiger partial charge in [-0.1, -0.05) is 16.9 Å². The molecule has 2 aliphatic rings. The topological polar surface area (TPSA) is 58.4 Å². The number of hydrogen-bond donors (Lipinski definition) is 1. The van der Waals surface area contributed by atoms with Gasteiger partial charge in [-0.2, -0.15) is 0 Å². The molecular weight excluding hydrogens is 246 g/mol. The van der Waals surface area contributed by atoms with Gasteiger partial charge in [0.2, 0.25) is 0 Å². The molecule has 5 heteroatoms. The van der Waals surface area contributed by atoms with Crippen molar-refractivity contribution < 1.29 is 5.21 Å². The Kier molecular flexibility index (Phi) is 3.01. The Hall–Kier alpha value is -1.10. The maximum Gasteiger partial charge on any atom is 0.188 e. The number of fused-ring (bicyclic) bond motifs is 2. The number of aryl methyl sites for hydroxylation is 2. The molecule has 2 fully saturated rings. The van der Waals surface area contributed by atoms with Crippen LogP contribution in [0.15, 0.2) is 16.4 Å². The van der Waals surface area contributed by atoms with E-state index in [0.29, 0.717) is 11.8 Å². The van der Waals surface area contributed by atoms with Crippen molar-refractivity contribution in [1.82, 2.24) is 9.97 Å². The van der Waals surface area contributed by atoms with Gasteiger partial charge < -0.3 is 5.21 Å². The fraction of sp³-hybridized carbons (Fsp3) is 0.615. The average Bonchev–Trinajstić information content (AvgIpc) is 2.88. The smallest absolute Gasteiger partial charge is 0.188 e. The lowest BCUT2D eigenvalue weighted by molar-refractivity contribution is 0.314. The van der Waals surface area contributed by atoms with E-state index in [1.54, 1.807) is 11.8 Å². The van der Waals surface area contributed by atoms with Crippen LogP contribution >= 0.6 is 11.8 Å². The summed E-state index contributed by atoms with van der Waals surface area (Å²) in [6.45, 7) is 3.97. The van der Waals surface area contributed by atoms with Crippen molar-refractivity contribution in [3.8, 4) is 0 Å². The zero-order valence-corrected chi connectivity index (χ0v) is 11.4. The Morgan fingerprint density at radius 2 is 2.00 bits per heavy atom. The van der Waals surface area contributed by atoms with Gasteiger partial charge in [-0.15, -0.1) is 0 Å². The van der Waals surface area contributed by atoms with Crippen molar-refractivity contribution in [3.05, 3.63) is 17.5 Å². The number of nitrogens with zero attached hydrogens (tertiary/aromatic N) is 3. The molecule has 18 heavy (non-hydrogen) atoms. The summed E-state index contributed by atoms with van der Waals surface area (Å²) in [6.07, 6.45) is 3.59. The Balaban J connectivity index is 1.84. The monoisotopic (exact) mass is 263 g/mol. The van der Waals surface area contributed by atoms with Crippen LogP contribution in [-0.2, 0) is 0 Å². The second kappa shape index (κ2) is 4.53. The van der Waals surface area contributed by atoms with Gasteiger partial charge in [-0.05, 0) is 45.1 Å². The Morgan fingerprint density at radius 3 is 2.67 bits per heavy atom. The highest BCUT2D eigenvalue weighted by Gasteiger charge is 2.46. The first-order valence-corrected chi connectivity index (χ1v) is 7.26. The third kappa shape index (κ3) is 2.00. The van der Waals surface area contributed by atoms with Gasteiger partial charge in [0.15, 0.2) is 5.16 Å². The molecule has 1 heterocycles. The van der Waals surface area contributed by atoms with E-state index in [1.165, 1.54) is 19.3 Å². The van der Waals surface area contributed by atoms with Gasteiger partial charge in [0, 0.05) is 17.3 Å². The zero-order chi connectivity index (χ0) is 12.7. The maximum atomic E-state index is 9.18. The summed E-state index contributed by atoms with van der Waals surface area (Å²) >= 11 is 1.66. The normalized spacial score (nSPS) is 32.3. The van der Waals surface area contributed by atoms with Gasteiger partial charge >= 0.3 is 0 Å². The van der Waals surface area contributed by atoms with Crippen LogP contribution < -0.4 is 0 Å². The van der Waals surface area contributed by atoms with Crippen molar-refractivity contribution in [2.24, 2.45) is 17.0 Å². The highest BCUT2D eigenvalue weighted by molar-refractivity contribution is 8.00. The summed E-state index contributed by atoms with van der Waals surface area (Å²) in [5.74, 6) is 1.12. The molecule has 0 spiro atoms. The van der Waals surface area contributed by atoms with Crippen molar-refractivity contribution in [2.75, 3.05) is 0 Å². The molecule has 1 aromatic rings. The van der Waals surface area contributed by atoms with Gasteiger partial charge in [-0.25, -0.2) is 9.97 Å².